The van der Waals surface area contributed by atoms with Gasteiger partial charge in [0.25, 0.3) is 0 Å². The van der Waals surface area contributed by atoms with Gasteiger partial charge in [-0.3, -0.25) is 4.90 Å². The maximum atomic E-state index is 12.9. The summed E-state index contributed by atoms with van der Waals surface area (Å²) in [6, 6.07) is 3.98. The van der Waals surface area contributed by atoms with Crippen LogP contribution in [0.4, 0.5) is 13.2 Å². The third-order valence-corrected chi connectivity index (χ3v) is 4.34. The van der Waals surface area contributed by atoms with E-state index in [0.29, 0.717) is 5.75 Å². The van der Waals surface area contributed by atoms with Crippen molar-refractivity contribution in [2.75, 3.05) is 33.3 Å². The predicted molar refractivity (Wildman–Crippen MR) is 92.0 cm³/mol. The highest BCUT2D eigenvalue weighted by atomic mass is 35.5. The summed E-state index contributed by atoms with van der Waals surface area (Å²) < 4.78 is 44.1. The van der Waals surface area contributed by atoms with Crippen LogP contribution in [0.1, 0.15) is 43.4 Å². The van der Waals surface area contributed by atoms with Crippen molar-refractivity contribution in [3.63, 3.8) is 0 Å². The molecule has 0 aromatic heterocycles. The molecule has 138 valence electrons. The van der Waals surface area contributed by atoms with Gasteiger partial charge < -0.3 is 10.1 Å². The van der Waals surface area contributed by atoms with Gasteiger partial charge in [0.2, 0.25) is 0 Å². The topological polar surface area (TPSA) is 24.5 Å². The van der Waals surface area contributed by atoms with Gasteiger partial charge in [-0.2, -0.15) is 13.2 Å². The number of nitrogens with zero attached hydrogens (tertiary/aromatic N) is 1. The molecule has 0 saturated carbocycles. The van der Waals surface area contributed by atoms with Crippen molar-refractivity contribution in [3.8, 4) is 5.75 Å². The number of methoxy groups -OCH3 is 1. The lowest BCUT2D eigenvalue weighted by Gasteiger charge is -2.36. The fourth-order valence-electron chi connectivity index (χ4n) is 3.09. The van der Waals surface area contributed by atoms with Crippen LogP contribution in [0.15, 0.2) is 18.2 Å². The first-order chi connectivity index (χ1) is 11.0. The minimum Gasteiger partial charge on any atom is -0.496 e. The van der Waals surface area contributed by atoms with E-state index in [2.05, 4.69) is 17.1 Å². The Hall–Kier alpha value is -0.980. The Labute approximate surface area is 148 Å². The van der Waals surface area contributed by atoms with Crippen molar-refractivity contribution in [1.29, 1.82) is 0 Å². The molecule has 0 bridgehead atoms. The summed E-state index contributed by atoms with van der Waals surface area (Å²) in [4.78, 5) is 2.34. The zero-order valence-electron chi connectivity index (χ0n) is 14.2. The molecule has 24 heavy (non-hydrogen) atoms. The molecule has 7 heteroatoms. The Kier molecular flexibility index (Phi) is 8.33. The highest BCUT2D eigenvalue weighted by Crippen LogP contribution is 2.38. The van der Waals surface area contributed by atoms with Gasteiger partial charge in [-0.15, -0.1) is 12.4 Å². The van der Waals surface area contributed by atoms with Crippen LogP contribution in [0.2, 0.25) is 0 Å². The number of halogens is 4. The summed E-state index contributed by atoms with van der Waals surface area (Å²) in [5.74, 6) is 0.333. The summed E-state index contributed by atoms with van der Waals surface area (Å²) >= 11 is 0. The molecule has 1 saturated heterocycles. The van der Waals surface area contributed by atoms with Crippen LogP contribution in [-0.4, -0.2) is 38.2 Å². The first-order valence-corrected chi connectivity index (χ1v) is 8.17. The molecule has 0 aliphatic carbocycles. The van der Waals surface area contributed by atoms with Crippen LogP contribution >= 0.6 is 12.4 Å². The van der Waals surface area contributed by atoms with E-state index in [-0.39, 0.29) is 18.4 Å². The third-order valence-electron chi connectivity index (χ3n) is 4.34. The average Bonchev–Trinajstić information content (AvgIpc) is 2.55. The molecule has 2 rings (SSSR count). The van der Waals surface area contributed by atoms with Crippen LogP contribution in [0, 0.1) is 0 Å². The first-order valence-electron chi connectivity index (χ1n) is 8.17. The van der Waals surface area contributed by atoms with Crippen molar-refractivity contribution in [2.24, 2.45) is 0 Å². The minimum absolute atomic E-state index is 0. The highest BCUT2D eigenvalue weighted by molar-refractivity contribution is 5.85. The van der Waals surface area contributed by atoms with Gasteiger partial charge >= 0.3 is 6.18 Å². The molecule has 1 heterocycles. The monoisotopic (exact) mass is 366 g/mol. The van der Waals surface area contributed by atoms with Crippen LogP contribution in [-0.2, 0) is 6.18 Å². The zero-order chi connectivity index (χ0) is 16.9. The van der Waals surface area contributed by atoms with E-state index >= 15 is 0 Å². The van der Waals surface area contributed by atoms with Crippen LogP contribution in [0.25, 0.3) is 0 Å². The molecule has 0 amide bonds. The van der Waals surface area contributed by atoms with Crippen molar-refractivity contribution in [2.45, 2.75) is 38.4 Å². The number of hydrogen-bond acceptors (Lipinski definition) is 3. The van der Waals surface area contributed by atoms with Crippen LogP contribution in [0.5, 0.6) is 5.75 Å². The number of alkyl halides is 3. The van der Waals surface area contributed by atoms with Crippen molar-refractivity contribution in [1.82, 2.24) is 10.2 Å². The van der Waals surface area contributed by atoms with E-state index < -0.39 is 11.7 Å². The maximum absolute atomic E-state index is 12.9. The lowest BCUT2D eigenvalue weighted by atomic mass is 9.96. The Bertz CT molecular complexity index is 505. The Morgan fingerprint density at radius 1 is 1.25 bits per heavy atom. The lowest BCUT2D eigenvalue weighted by molar-refractivity contribution is -0.137. The van der Waals surface area contributed by atoms with Gasteiger partial charge in [0.15, 0.2) is 0 Å². The number of benzene rings is 1. The molecule has 0 radical (unpaired) electrons. The van der Waals surface area contributed by atoms with Gasteiger partial charge in [-0.05, 0) is 18.6 Å². The standard InChI is InChI=1S/C17H25F3N2O.ClH/c1-3-4-5-15(22-10-8-21-9-11-22)14-7-6-13(17(18,19)20)12-16(14)23-2;/h6-7,12,15,21H,3-5,8-11H2,1-2H3;1H/t15-;/m0./s1. The second kappa shape index (κ2) is 9.49. The van der Waals surface area contributed by atoms with Crippen LogP contribution in [0.3, 0.4) is 0 Å². The summed E-state index contributed by atoms with van der Waals surface area (Å²) in [5, 5.41) is 3.31. The molecule has 1 fully saturated rings. The van der Waals surface area contributed by atoms with E-state index in [1.807, 2.05) is 0 Å². The van der Waals surface area contributed by atoms with E-state index in [4.69, 9.17) is 4.74 Å². The van der Waals surface area contributed by atoms with Gasteiger partial charge in [0.1, 0.15) is 5.75 Å². The predicted octanol–water partition coefficient (Wildman–Crippen LogP) is 4.27. The van der Waals surface area contributed by atoms with Crippen molar-refractivity contribution in [3.05, 3.63) is 29.3 Å². The van der Waals surface area contributed by atoms with Gasteiger partial charge in [0, 0.05) is 37.8 Å². The SMILES string of the molecule is CCCC[C@@H](c1ccc(C(F)(F)F)cc1OC)N1CCNCC1.Cl. The lowest BCUT2D eigenvalue weighted by Crippen LogP contribution is -2.45. The highest BCUT2D eigenvalue weighted by Gasteiger charge is 2.32. The smallest absolute Gasteiger partial charge is 0.416 e. The normalized spacial score (nSPS) is 17.2. The summed E-state index contributed by atoms with van der Waals surface area (Å²) in [6.07, 6.45) is -1.32. The second-order valence-corrected chi connectivity index (χ2v) is 5.90. The van der Waals surface area contributed by atoms with E-state index in [9.17, 15) is 13.2 Å². The zero-order valence-corrected chi connectivity index (χ0v) is 15.0. The molecule has 1 atom stereocenters. The first kappa shape index (κ1) is 21.1. The molecule has 1 aromatic carbocycles. The summed E-state index contributed by atoms with van der Waals surface area (Å²) in [6.45, 7) is 5.74. The number of rotatable bonds is 6. The quantitative estimate of drug-likeness (QED) is 0.813. The summed E-state index contributed by atoms with van der Waals surface area (Å²) in [7, 11) is 1.44. The molecule has 0 spiro atoms. The maximum Gasteiger partial charge on any atom is 0.416 e. The fraction of sp³-hybridized carbons (Fsp3) is 0.647. The molecule has 1 aliphatic rings. The Balaban J connectivity index is 0.00000288. The number of piperazine rings is 1. The summed E-state index contributed by atoms with van der Waals surface area (Å²) in [5.41, 5.74) is 0.198. The number of unbranched alkanes of at least 4 members (excludes halogenated alkanes) is 1. The molecular formula is C17H26ClF3N2O. The number of nitrogens with one attached hydrogen (secondary N) is 1. The Morgan fingerprint density at radius 2 is 1.92 bits per heavy atom. The van der Waals surface area contributed by atoms with Crippen molar-refractivity contribution < 1.29 is 17.9 Å². The minimum atomic E-state index is -4.35. The van der Waals surface area contributed by atoms with Crippen LogP contribution < -0.4 is 10.1 Å². The van der Waals surface area contributed by atoms with Crippen molar-refractivity contribution >= 4 is 12.4 Å². The largest absolute Gasteiger partial charge is 0.496 e. The van der Waals surface area contributed by atoms with E-state index in [1.54, 1.807) is 6.07 Å². The molecule has 1 N–H and O–H groups in total. The number of hydrogen-bond donors (Lipinski definition) is 1. The van der Waals surface area contributed by atoms with E-state index in [0.717, 1.165) is 57.1 Å². The second-order valence-electron chi connectivity index (χ2n) is 5.90. The molecule has 0 unspecified atom stereocenters. The van der Waals surface area contributed by atoms with Gasteiger partial charge in [-0.1, -0.05) is 25.8 Å². The molecular weight excluding hydrogens is 341 g/mol. The van der Waals surface area contributed by atoms with Gasteiger partial charge in [0.05, 0.1) is 12.7 Å². The molecule has 1 aliphatic heterocycles. The average molecular weight is 367 g/mol. The number of ether oxygens (including phenoxy) is 1. The Morgan fingerprint density at radius 3 is 2.46 bits per heavy atom. The molecule has 3 nitrogen and oxygen atoms in total. The third kappa shape index (κ3) is 5.26. The molecule has 1 aromatic rings. The van der Waals surface area contributed by atoms with Gasteiger partial charge in [-0.25, -0.2) is 0 Å². The fourth-order valence-corrected chi connectivity index (χ4v) is 3.09. The van der Waals surface area contributed by atoms with E-state index in [1.165, 1.54) is 13.2 Å².